The molecular formula is C7H13NS. The summed E-state index contributed by atoms with van der Waals surface area (Å²) in [5, 5.41) is 0. The zero-order chi connectivity index (χ0) is 6.27. The van der Waals surface area contributed by atoms with Crippen LogP contribution in [-0.2, 0) is 0 Å². The van der Waals surface area contributed by atoms with E-state index in [1.165, 1.54) is 25.7 Å². The summed E-state index contributed by atoms with van der Waals surface area (Å²) in [6.07, 6.45) is 8.08. The molecule has 2 saturated heterocycles. The van der Waals surface area contributed by atoms with Crippen molar-refractivity contribution in [3.8, 4) is 0 Å². The zero-order valence-corrected chi connectivity index (χ0v) is 6.66. The third-order valence-corrected chi connectivity index (χ3v) is 3.57. The first kappa shape index (κ1) is 6.05. The molecule has 3 fully saturated rings. The van der Waals surface area contributed by atoms with E-state index in [4.69, 9.17) is 0 Å². The third-order valence-electron chi connectivity index (χ3n) is 2.55. The lowest BCUT2D eigenvalue weighted by molar-refractivity contribution is 0.0678. The maximum absolute atomic E-state index is 2.57. The Kier molecular flexibility index (Phi) is 1.46. The van der Waals surface area contributed by atoms with Gasteiger partial charge in [0.1, 0.15) is 0 Å². The van der Waals surface area contributed by atoms with Crippen molar-refractivity contribution in [2.45, 2.75) is 37.8 Å². The first-order valence-electron chi connectivity index (χ1n) is 3.74. The summed E-state index contributed by atoms with van der Waals surface area (Å²) in [4.78, 5) is 0. The monoisotopic (exact) mass is 143 g/mol. The molecule has 1 aliphatic carbocycles. The molecule has 0 aromatic rings. The highest BCUT2D eigenvalue weighted by Crippen LogP contribution is 2.41. The smallest absolute Gasteiger partial charge is 0.0220 e. The maximum atomic E-state index is 2.57. The predicted octanol–water partition coefficient (Wildman–Crippen LogP) is 1.89. The highest BCUT2D eigenvalue weighted by molar-refractivity contribution is 7.96. The minimum atomic E-state index is 0.957. The average molecular weight is 143 g/mol. The second-order valence-corrected chi connectivity index (χ2v) is 3.80. The van der Waals surface area contributed by atoms with Crippen LogP contribution in [-0.4, -0.2) is 22.6 Å². The normalized spacial score (nSPS) is 42.3. The van der Waals surface area contributed by atoms with Crippen LogP contribution in [0.1, 0.15) is 25.7 Å². The van der Waals surface area contributed by atoms with Crippen LogP contribution in [0.4, 0.5) is 0 Å². The Balaban J connectivity index is 1.97. The summed E-state index contributed by atoms with van der Waals surface area (Å²) < 4.78 is 2.57. The Morgan fingerprint density at radius 2 is 2.00 bits per heavy atom. The molecule has 0 radical (unpaired) electrons. The molecule has 3 rings (SSSR count). The molecule has 2 atom stereocenters. The van der Waals surface area contributed by atoms with E-state index < -0.39 is 0 Å². The van der Waals surface area contributed by atoms with Crippen molar-refractivity contribution in [2.75, 3.05) is 6.26 Å². The molecule has 52 valence electrons. The molecule has 1 nitrogen and oxygen atoms in total. The Labute approximate surface area is 60.9 Å². The minimum Gasteiger partial charge on any atom is -0.245 e. The van der Waals surface area contributed by atoms with Gasteiger partial charge in [0, 0.05) is 12.1 Å². The average Bonchev–Trinajstić information content (AvgIpc) is 1.90. The van der Waals surface area contributed by atoms with Crippen LogP contribution < -0.4 is 0 Å². The lowest BCUT2D eigenvalue weighted by Crippen LogP contribution is -2.54. The lowest BCUT2D eigenvalue weighted by atomic mass is 9.83. The van der Waals surface area contributed by atoms with Gasteiger partial charge in [-0.3, -0.25) is 0 Å². The quantitative estimate of drug-likeness (QED) is 0.516. The first-order chi connectivity index (χ1) is 4.42. The SMILES string of the molecule is CSN1C2CCCC1C2. The molecule has 2 unspecified atom stereocenters. The second kappa shape index (κ2) is 2.17. The van der Waals surface area contributed by atoms with Gasteiger partial charge >= 0.3 is 0 Å². The minimum absolute atomic E-state index is 0.957. The fourth-order valence-corrected chi connectivity index (χ4v) is 3.04. The summed E-state index contributed by atoms with van der Waals surface area (Å²) in [7, 11) is 0. The maximum Gasteiger partial charge on any atom is 0.0220 e. The van der Waals surface area contributed by atoms with E-state index in [-0.39, 0.29) is 0 Å². The highest BCUT2D eigenvalue weighted by Gasteiger charge is 2.40. The Hall–Kier alpha value is 0.310. The van der Waals surface area contributed by atoms with Gasteiger partial charge < -0.3 is 0 Å². The van der Waals surface area contributed by atoms with Gasteiger partial charge in [-0.1, -0.05) is 18.4 Å². The fourth-order valence-electron chi connectivity index (χ4n) is 2.06. The van der Waals surface area contributed by atoms with Gasteiger partial charge in [0.25, 0.3) is 0 Å². The van der Waals surface area contributed by atoms with Gasteiger partial charge in [-0.05, 0) is 25.5 Å². The molecule has 2 heteroatoms. The Bertz CT molecular complexity index is 101. The Morgan fingerprint density at radius 1 is 1.33 bits per heavy atom. The summed E-state index contributed by atoms with van der Waals surface area (Å²) in [6, 6.07) is 1.91. The van der Waals surface area contributed by atoms with Gasteiger partial charge in [-0.25, -0.2) is 4.31 Å². The van der Waals surface area contributed by atoms with Crippen molar-refractivity contribution in [3.05, 3.63) is 0 Å². The van der Waals surface area contributed by atoms with Crippen LogP contribution in [0.2, 0.25) is 0 Å². The molecule has 0 aromatic heterocycles. The van der Waals surface area contributed by atoms with Crippen molar-refractivity contribution in [2.24, 2.45) is 0 Å². The molecule has 0 amide bonds. The number of piperidine rings is 1. The number of hydrogen-bond acceptors (Lipinski definition) is 2. The summed E-state index contributed by atoms with van der Waals surface area (Å²) in [6.45, 7) is 0. The molecule has 2 aliphatic heterocycles. The predicted molar refractivity (Wildman–Crippen MR) is 41.4 cm³/mol. The Morgan fingerprint density at radius 3 is 2.33 bits per heavy atom. The van der Waals surface area contributed by atoms with Crippen molar-refractivity contribution in [1.29, 1.82) is 0 Å². The van der Waals surface area contributed by atoms with E-state index >= 15 is 0 Å². The van der Waals surface area contributed by atoms with Crippen LogP contribution in [0.5, 0.6) is 0 Å². The van der Waals surface area contributed by atoms with Crippen molar-refractivity contribution < 1.29 is 0 Å². The number of fused-ring (bicyclic) bond motifs is 2. The summed E-state index contributed by atoms with van der Waals surface area (Å²) in [5.74, 6) is 0. The van der Waals surface area contributed by atoms with Crippen LogP contribution in [0.25, 0.3) is 0 Å². The summed E-state index contributed by atoms with van der Waals surface area (Å²) >= 11 is 1.94. The van der Waals surface area contributed by atoms with Gasteiger partial charge in [0.2, 0.25) is 0 Å². The van der Waals surface area contributed by atoms with Crippen LogP contribution in [0, 0.1) is 0 Å². The van der Waals surface area contributed by atoms with E-state index in [9.17, 15) is 0 Å². The van der Waals surface area contributed by atoms with E-state index in [2.05, 4.69) is 10.6 Å². The summed E-state index contributed by atoms with van der Waals surface area (Å²) in [5.41, 5.74) is 0. The van der Waals surface area contributed by atoms with Gasteiger partial charge in [0.15, 0.2) is 0 Å². The van der Waals surface area contributed by atoms with Crippen LogP contribution in [0.3, 0.4) is 0 Å². The fraction of sp³-hybridized carbons (Fsp3) is 1.00. The molecule has 0 aromatic carbocycles. The van der Waals surface area contributed by atoms with Crippen LogP contribution in [0.15, 0.2) is 0 Å². The number of nitrogens with zero attached hydrogens (tertiary/aromatic N) is 1. The standard InChI is InChI=1S/C7H13NS/c1-9-8-6-3-2-4-7(8)5-6/h6-7H,2-5H2,1H3. The van der Waals surface area contributed by atoms with Crippen molar-refractivity contribution >= 4 is 11.9 Å². The molecule has 2 heterocycles. The van der Waals surface area contributed by atoms with E-state index in [0.717, 1.165) is 12.1 Å². The lowest BCUT2D eigenvalue weighted by Gasteiger charge is -2.51. The van der Waals surface area contributed by atoms with Crippen molar-refractivity contribution in [1.82, 2.24) is 4.31 Å². The molecule has 2 bridgehead atoms. The first-order valence-corrected chi connectivity index (χ1v) is 4.92. The van der Waals surface area contributed by atoms with E-state index in [0.29, 0.717) is 0 Å². The molecule has 1 saturated carbocycles. The van der Waals surface area contributed by atoms with Gasteiger partial charge in [0.05, 0.1) is 0 Å². The van der Waals surface area contributed by atoms with E-state index in [1.807, 2.05) is 11.9 Å². The van der Waals surface area contributed by atoms with Crippen LogP contribution >= 0.6 is 11.9 Å². The molecular weight excluding hydrogens is 130 g/mol. The molecule has 9 heavy (non-hydrogen) atoms. The van der Waals surface area contributed by atoms with Gasteiger partial charge in [-0.2, -0.15) is 0 Å². The van der Waals surface area contributed by atoms with Gasteiger partial charge in [-0.15, -0.1) is 0 Å². The van der Waals surface area contributed by atoms with Crippen molar-refractivity contribution in [3.63, 3.8) is 0 Å². The largest absolute Gasteiger partial charge is 0.245 e. The highest BCUT2D eigenvalue weighted by atomic mass is 32.2. The molecule has 0 N–H and O–H groups in total. The molecule has 3 aliphatic rings. The zero-order valence-electron chi connectivity index (χ0n) is 5.84. The van der Waals surface area contributed by atoms with E-state index in [1.54, 1.807) is 0 Å². The number of rotatable bonds is 1. The second-order valence-electron chi connectivity index (χ2n) is 3.02. The number of hydrogen-bond donors (Lipinski definition) is 0. The molecule has 0 spiro atoms. The topological polar surface area (TPSA) is 3.24 Å². The third kappa shape index (κ3) is 0.802.